The van der Waals surface area contributed by atoms with E-state index in [9.17, 15) is 9.90 Å². The lowest BCUT2D eigenvalue weighted by atomic mass is 9.95. The molecule has 2 aliphatic heterocycles. The molecule has 37 heavy (non-hydrogen) atoms. The number of likely N-dealkylation sites (N-methyl/N-ethyl adjacent to an activating group) is 1. The van der Waals surface area contributed by atoms with Gasteiger partial charge in [0.15, 0.2) is 5.82 Å². The fourth-order valence-corrected chi connectivity index (χ4v) is 5.37. The molecular formula is C27H26ClFN6O2. The van der Waals surface area contributed by atoms with Gasteiger partial charge in [-0.1, -0.05) is 35.9 Å². The summed E-state index contributed by atoms with van der Waals surface area (Å²) < 4.78 is 16.4. The molecule has 0 aliphatic carbocycles. The smallest absolute Gasteiger partial charge is 0.228 e. The highest BCUT2D eigenvalue weighted by atomic mass is 35.5. The largest absolute Gasteiger partial charge is 0.508 e. The number of phenols is 1. The first-order valence-electron chi connectivity index (χ1n) is 12.1. The van der Waals surface area contributed by atoms with Crippen molar-refractivity contribution in [2.24, 2.45) is 11.7 Å². The number of primary amides is 1. The highest BCUT2D eigenvalue weighted by Crippen LogP contribution is 2.43. The van der Waals surface area contributed by atoms with Gasteiger partial charge in [-0.15, -0.1) is 0 Å². The van der Waals surface area contributed by atoms with Crippen LogP contribution in [-0.2, 0) is 4.79 Å². The average molecular weight is 521 g/mol. The van der Waals surface area contributed by atoms with Crippen molar-refractivity contribution in [3.8, 4) is 16.9 Å². The molecule has 2 fully saturated rings. The third-order valence-corrected chi connectivity index (χ3v) is 7.72. The molecule has 190 valence electrons. The van der Waals surface area contributed by atoms with Gasteiger partial charge in [0.25, 0.3) is 0 Å². The molecule has 0 bridgehead atoms. The van der Waals surface area contributed by atoms with Crippen molar-refractivity contribution < 1.29 is 14.3 Å². The molecule has 0 atom stereocenters. The maximum absolute atomic E-state index is 16.4. The van der Waals surface area contributed by atoms with E-state index >= 15 is 4.39 Å². The quantitative estimate of drug-likeness (QED) is 0.414. The van der Waals surface area contributed by atoms with Crippen LogP contribution >= 0.6 is 11.6 Å². The molecule has 1 aromatic heterocycles. The number of fused-ring (bicyclic) bond motifs is 2. The predicted octanol–water partition coefficient (Wildman–Crippen LogP) is 3.62. The van der Waals surface area contributed by atoms with Crippen molar-refractivity contribution in [2.45, 2.75) is 6.04 Å². The molecule has 3 N–H and O–H groups in total. The van der Waals surface area contributed by atoms with Gasteiger partial charge in [-0.25, -0.2) is 9.37 Å². The number of nitrogens with two attached hydrogens (primary N) is 1. The maximum Gasteiger partial charge on any atom is 0.228 e. The van der Waals surface area contributed by atoms with Crippen LogP contribution in [0.25, 0.3) is 32.8 Å². The van der Waals surface area contributed by atoms with Crippen molar-refractivity contribution in [1.82, 2.24) is 14.9 Å². The Hall–Kier alpha value is -3.69. The van der Waals surface area contributed by atoms with Crippen LogP contribution in [0, 0.1) is 11.7 Å². The van der Waals surface area contributed by atoms with E-state index in [0.717, 1.165) is 23.9 Å². The average Bonchev–Trinajstić information content (AvgIpc) is 2.77. The van der Waals surface area contributed by atoms with Crippen molar-refractivity contribution in [1.29, 1.82) is 0 Å². The van der Waals surface area contributed by atoms with Crippen LogP contribution in [0.5, 0.6) is 5.75 Å². The molecule has 0 unspecified atom stereocenters. The number of anilines is 2. The molecule has 0 spiro atoms. The van der Waals surface area contributed by atoms with E-state index in [0.29, 0.717) is 41.8 Å². The van der Waals surface area contributed by atoms with Gasteiger partial charge in [-0.3, -0.25) is 4.79 Å². The Morgan fingerprint density at radius 2 is 1.81 bits per heavy atom. The van der Waals surface area contributed by atoms with Crippen LogP contribution in [0.2, 0.25) is 5.02 Å². The summed E-state index contributed by atoms with van der Waals surface area (Å²) in [5, 5.41) is 12.6. The van der Waals surface area contributed by atoms with Crippen LogP contribution in [0.15, 0.2) is 42.5 Å². The van der Waals surface area contributed by atoms with Gasteiger partial charge in [-0.2, -0.15) is 4.98 Å². The van der Waals surface area contributed by atoms with E-state index in [1.165, 1.54) is 6.07 Å². The number of halogens is 2. The Bertz CT molecular complexity index is 1570. The monoisotopic (exact) mass is 520 g/mol. The number of hydrogen-bond acceptors (Lipinski definition) is 7. The van der Waals surface area contributed by atoms with Crippen molar-refractivity contribution in [2.75, 3.05) is 50.1 Å². The molecule has 6 rings (SSSR count). The Labute approximate surface area is 218 Å². The van der Waals surface area contributed by atoms with E-state index in [2.05, 4.69) is 9.88 Å². The zero-order chi connectivity index (χ0) is 26.0. The predicted molar refractivity (Wildman–Crippen MR) is 144 cm³/mol. The van der Waals surface area contributed by atoms with Gasteiger partial charge in [0, 0.05) is 43.2 Å². The molecular weight excluding hydrogens is 495 g/mol. The Kier molecular flexibility index (Phi) is 5.58. The van der Waals surface area contributed by atoms with E-state index < -0.39 is 5.82 Å². The van der Waals surface area contributed by atoms with Gasteiger partial charge in [-0.05, 0) is 48.6 Å². The first kappa shape index (κ1) is 23.7. The second kappa shape index (κ2) is 8.71. The minimum Gasteiger partial charge on any atom is -0.508 e. The van der Waals surface area contributed by atoms with E-state index in [1.54, 1.807) is 12.1 Å². The number of carbonyl (C=O) groups excluding carboxylic acids is 1. The fourth-order valence-electron chi connectivity index (χ4n) is 5.08. The number of carbonyl (C=O) groups is 1. The lowest BCUT2D eigenvalue weighted by Gasteiger charge is -2.43. The zero-order valence-corrected chi connectivity index (χ0v) is 21.2. The Morgan fingerprint density at radius 3 is 2.51 bits per heavy atom. The van der Waals surface area contributed by atoms with Crippen molar-refractivity contribution in [3.05, 3.63) is 53.3 Å². The lowest BCUT2D eigenvalue weighted by Crippen LogP contribution is -2.58. The van der Waals surface area contributed by atoms with E-state index in [1.807, 2.05) is 48.2 Å². The number of nitrogens with zero attached hydrogens (tertiary/aromatic N) is 5. The van der Waals surface area contributed by atoms with Gasteiger partial charge in [0.05, 0.1) is 10.9 Å². The third-order valence-electron chi connectivity index (χ3n) is 7.43. The zero-order valence-electron chi connectivity index (χ0n) is 20.4. The maximum atomic E-state index is 16.4. The molecule has 0 saturated carbocycles. The van der Waals surface area contributed by atoms with Crippen LogP contribution in [0.4, 0.5) is 16.2 Å². The fraction of sp³-hybridized carbons (Fsp3) is 0.296. The highest BCUT2D eigenvalue weighted by molar-refractivity contribution is 6.35. The summed E-state index contributed by atoms with van der Waals surface area (Å²) in [6.07, 6.45) is 0. The van der Waals surface area contributed by atoms with Gasteiger partial charge >= 0.3 is 0 Å². The van der Waals surface area contributed by atoms with Crippen molar-refractivity contribution in [3.63, 3.8) is 0 Å². The number of aromatic hydroxyl groups is 1. The van der Waals surface area contributed by atoms with Crippen LogP contribution in [0.1, 0.15) is 0 Å². The summed E-state index contributed by atoms with van der Waals surface area (Å²) >= 11 is 6.72. The van der Waals surface area contributed by atoms with Crippen LogP contribution in [-0.4, -0.2) is 72.2 Å². The number of phenolic OH excluding ortho intramolecular Hbond substituents is 1. The van der Waals surface area contributed by atoms with Gasteiger partial charge in [0.2, 0.25) is 11.9 Å². The number of hydrogen-bond donors (Lipinski definition) is 2. The summed E-state index contributed by atoms with van der Waals surface area (Å²) in [5.74, 6) is -0.265. The Balaban J connectivity index is 1.54. The summed E-state index contributed by atoms with van der Waals surface area (Å²) in [6, 6.07) is 12.6. The van der Waals surface area contributed by atoms with E-state index in [-0.39, 0.29) is 33.7 Å². The van der Waals surface area contributed by atoms with Crippen LogP contribution < -0.4 is 15.5 Å². The normalized spacial score (nSPS) is 16.5. The summed E-state index contributed by atoms with van der Waals surface area (Å²) in [6.45, 7) is 2.25. The Morgan fingerprint density at radius 1 is 1.08 bits per heavy atom. The second-order valence-corrected chi connectivity index (χ2v) is 10.4. The third kappa shape index (κ3) is 3.89. The molecule has 8 nitrogen and oxygen atoms in total. The number of benzene rings is 3. The second-order valence-electron chi connectivity index (χ2n) is 10.0. The van der Waals surface area contributed by atoms with Crippen LogP contribution in [0.3, 0.4) is 0 Å². The summed E-state index contributed by atoms with van der Waals surface area (Å²) in [5.41, 5.74) is 6.28. The SMILES string of the molecule is CN(C)C1CN(c2nc(N3CC(C(N)=O)C3)c3cc(Cl)c(-c4cc(O)cc5ccccc45)c(F)c3n2)C1. The standard InChI is InChI=1S/C27H26ClFN6O2/c1-33(2)16-12-35(13-16)27-31-24-20(26(32-27)34-10-15(11-34)25(30)37)9-21(28)22(23(24)29)19-8-17(36)7-14-5-3-4-6-18(14)19/h3-9,15-16,36H,10-13H2,1-2H3,(H2,30,37). The minimum absolute atomic E-state index is 0.0155. The molecule has 0 radical (unpaired) electrons. The molecule has 3 aromatic carbocycles. The lowest BCUT2D eigenvalue weighted by molar-refractivity contribution is -0.122. The molecule has 4 aromatic rings. The van der Waals surface area contributed by atoms with Gasteiger partial charge in [0.1, 0.15) is 17.1 Å². The van der Waals surface area contributed by atoms with Crippen molar-refractivity contribution >= 4 is 50.9 Å². The summed E-state index contributed by atoms with van der Waals surface area (Å²) in [4.78, 5) is 27.1. The molecule has 10 heteroatoms. The molecule has 2 aliphatic rings. The molecule has 2 saturated heterocycles. The number of amides is 1. The number of aromatic nitrogens is 2. The first-order chi connectivity index (χ1) is 17.7. The van der Waals surface area contributed by atoms with E-state index in [4.69, 9.17) is 22.3 Å². The molecule has 3 heterocycles. The first-order valence-corrected chi connectivity index (χ1v) is 12.5. The topological polar surface area (TPSA) is 98.8 Å². The number of rotatable bonds is 5. The minimum atomic E-state index is -0.584. The molecule has 1 amide bonds. The van der Waals surface area contributed by atoms with Gasteiger partial charge < -0.3 is 25.5 Å². The highest BCUT2D eigenvalue weighted by Gasteiger charge is 2.36. The summed E-state index contributed by atoms with van der Waals surface area (Å²) in [7, 11) is 4.04.